The molecule has 0 atom stereocenters. The van der Waals surface area contributed by atoms with E-state index in [9.17, 15) is 4.39 Å². The Morgan fingerprint density at radius 3 is 2.87 bits per heavy atom. The Hall–Kier alpha value is -0.540. The number of nitrogens with one attached hydrogen (secondary N) is 1. The third-order valence-electron chi connectivity index (χ3n) is 2.50. The lowest BCUT2D eigenvalue weighted by molar-refractivity contribution is 0.601. The highest BCUT2D eigenvalue weighted by molar-refractivity contribution is 7.99. The standard InChI is InChI=1S/C12H16FNS/c13-11-3-1-2-4-12(11)15-8-7-14-9-10-5-6-10/h1-4,10,14H,5-9H2. The second-order valence-corrected chi connectivity index (χ2v) is 5.06. The second-order valence-electron chi connectivity index (χ2n) is 3.93. The molecule has 1 aliphatic rings. The number of benzene rings is 1. The van der Waals surface area contributed by atoms with Gasteiger partial charge < -0.3 is 5.32 Å². The van der Waals surface area contributed by atoms with E-state index in [2.05, 4.69) is 5.32 Å². The van der Waals surface area contributed by atoms with Crippen molar-refractivity contribution in [3.8, 4) is 0 Å². The summed E-state index contributed by atoms with van der Waals surface area (Å²) < 4.78 is 13.2. The van der Waals surface area contributed by atoms with Crippen molar-refractivity contribution in [2.24, 2.45) is 5.92 Å². The average molecular weight is 225 g/mol. The maximum atomic E-state index is 13.2. The van der Waals surface area contributed by atoms with Gasteiger partial charge in [0.25, 0.3) is 0 Å². The van der Waals surface area contributed by atoms with Crippen LogP contribution in [0, 0.1) is 11.7 Å². The van der Waals surface area contributed by atoms with Crippen molar-refractivity contribution in [3.05, 3.63) is 30.1 Å². The van der Waals surface area contributed by atoms with Gasteiger partial charge in [-0.15, -0.1) is 11.8 Å². The summed E-state index contributed by atoms with van der Waals surface area (Å²) >= 11 is 1.58. The lowest BCUT2D eigenvalue weighted by Gasteiger charge is -2.04. The van der Waals surface area contributed by atoms with Crippen LogP contribution in [0.4, 0.5) is 4.39 Å². The molecule has 3 heteroatoms. The molecule has 0 amide bonds. The fraction of sp³-hybridized carbons (Fsp3) is 0.500. The predicted molar refractivity (Wildman–Crippen MR) is 62.7 cm³/mol. The number of halogens is 1. The highest BCUT2D eigenvalue weighted by atomic mass is 32.2. The molecule has 82 valence electrons. The van der Waals surface area contributed by atoms with Crippen molar-refractivity contribution >= 4 is 11.8 Å². The first-order chi connectivity index (χ1) is 7.36. The molecular formula is C12H16FNS. The quantitative estimate of drug-likeness (QED) is 0.590. The van der Waals surface area contributed by atoms with E-state index in [0.717, 1.165) is 29.7 Å². The molecule has 1 nitrogen and oxygen atoms in total. The minimum atomic E-state index is -0.107. The van der Waals surface area contributed by atoms with Crippen LogP contribution in [0.3, 0.4) is 0 Å². The smallest absolute Gasteiger partial charge is 0.136 e. The Morgan fingerprint density at radius 1 is 1.33 bits per heavy atom. The molecule has 15 heavy (non-hydrogen) atoms. The van der Waals surface area contributed by atoms with Gasteiger partial charge in [-0.2, -0.15) is 0 Å². The molecule has 0 heterocycles. The SMILES string of the molecule is Fc1ccccc1SCCNCC1CC1. The van der Waals surface area contributed by atoms with Crippen molar-refractivity contribution in [1.82, 2.24) is 5.32 Å². The topological polar surface area (TPSA) is 12.0 Å². The van der Waals surface area contributed by atoms with E-state index in [0.29, 0.717) is 0 Å². The summed E-state index contributed by atoms with van der Waals surface area (Å²) in [5.74, 6) is 1.75. The lowest BCUT2D eigenvalue weighted by atomic mass is 10.3. The molecule has 0 bridgehead atoms. The lowest BCUT2D eigenvalue weighted by Crippen LogP contribution is -2.19. The molecule has 1 N–H and O–H groups in total. The summed E-state index contributed by atoms with van der Waals surface area (Å²) in [4.78, 5) is 0.755. The fourth-order valence-corrected chi connectivity index (χ4v) is 2.27. The van der Waals surface area contributed by atoms with E-state index in [1.165, 1.54) is 18.9 Å². The zero-order valence-corrected chi connectivity index (χ0v) is 9.52. The van der Waals surface area contributed by atoms with Crippen LogP contribution in [0.1, 0.15) is 12.8 Å². The molecule has 1 fully saturated rings. The van der Waals surface area contributed by atoms with Crippen LogP contribution in [0.5, 0.6) is 0 Å². The van der Waals surface area contributed by atoms with Crippen LogP contribution in [0.2, 0.25) is 0 Å². The first-order valence-electron chi connectivity index (χ1n) is 5.44. The van der Waals surface area contributed by atoms with Crippen LogP contribution in [-0.4, -0.2) is 18.8 Å². The zero-order chi connectivity index (χ0) is 10.5. The van der Waals surface area contributed by atoms with Gasteiger partial charge in [0.15, 0.2) is 0 Å². The van der Waals surface area contributed by atoms with Crippen molar-refractivity contribution < 1.29 is 4.39 Å². The normalized spacial score (nSPS) is 15.5. The second kappa shape index (κ2) is 5.52. The molecule has 1 aromatic carbocycles. The highest BCUT2D eigenvalue weighted by Crippen LogP contribution is 2.27. The van der Waals surface area contributed by atoms with Crippen LogP contribution >= 0.6 is 11.8 Å². The van der Waals surface area contributed by atoms with Crippen molar-refractivity contribution in [3.63, 3.8) is 0 Å². The van der Waals surface area contributed by atoms with Gasteiger partial charge in [-0.05, 0) is 37.4 Å². The van der Waals surface area contributed by atoms with Crippen LogP contribution in [0.15, 0.2) is 29.2 Å². The number of hydrogen-bond donors (Lipinski definition) is 1. The third kappa shape index (κ3) is 3.84. The van der Waals surface area contributed by atoms with E-state index in [1.54, 1.807) is 17.8 Å². The summed E-state index contributed by atoms with van der Waals surface area (Å²) in [5, 5.41) is 3.39. The van der Waals surface area contributed by atoms with Gasteiger partial charge in [-0.25, -0.2) is 4.39 Å². The number of rotatable bonds is 6. The molecule has 0 aliphatic heterocycles. The fourth-order valence-electron chi connectivity index (χ4n) is 1.42. The van der Waals surface area contributed by atoms with E-state index < -0.39 is 0 Å². The van der Waals surface area contributed by atoms with E-state index in [-0.39, 0.29) is 5.82 Å². The summed E-state index contributed by atoms with van der Waals surface area (Å²) in [6.07, 6.45) is 2.76. The van der Waals surface area contributed by atoms with Gasteiger partial charge in [0, 0.05) is 17.2 Å². The van der Waals surface area contributed by atoms with E-state index >= 15 is 0 Å². The van der Waals surface area contributed by atoms with Crippen molar-refractivity contribution in [2.45, 2.75) is 17.7 Å². The molecule has 2 rings (SSSR count). The Bertz CT molecular complexity index is 312. The Morgan fingerprint density at radius 2 is 2.13 bits per heavy atom. The first kappa shape index (κ1) is 11.0. The maximum absolute atomic E-state index is 13.2. The van der Waals surface area contributed by atoms with Gasteiger partial charge in [0.2, 0.25) is 0 Å². The number of thioether (sulfide) groups is 1. The van der Waals surface area contributed by atoms with Crippen molar-refractivity contribution in [2.75, 3.05) is 18.8 Å². The first-order valence-corrected chi connectivity index (χ1v) is 6.43. The van der Waals surface area contributed by atoms with E-state index in [4.69, 9.17) is 0 Å². The molecule has 0 saturated heterocycles. The Labute approximate surface area is 94.5 Å². The van der Waals surface area contributed by atoms with Crippen LogP contribution < -0.4 is 5.32 Å². The van der Waals surface area contributed by atoms with Gasteiger partial charge in [0.05, 0.1) is 0 Å². The molecule has 0 spiro atoms. The number of hydrogen-bond acceptors (Lipinski definition) is 2. The third-order valence-corrected chi connectivity index (χ3v) is 3.55. The summed E-state index contributed by atoms with van der Waals surface area (Å²) in [6, 6.07) is 6.95. The molecule has 0 unspecified atom stereocenters. The Balaban J connectivity index is 1.62. The molecular weight excluding hydrogens is 209 g/mol. The molecule has 1 aliphatic carbocycles. The highest BCUT2D eigenvalue weighted by Gasteiger charge is 2.19. The molecule has 0 aromatic heterocycles. The van der Waals surface area contributed by atoms with Gasteiger partial charge in [-0.3, -0.25) is 0 Å². The average Bonchev–Trinajstić information content (AvgIpc) is 3.04. The van der Waals surface area contributed by atoms with Crippen LogP contribution in [-0.2, 0) is 0 Å². The molecule has 0 radical (unpaired) electrons. The molecule has 1 aromatic rings. The summed E-state index contributed by atoms with van der Waals surface area (Å²) in [6.45, 7) is 2.10. The summed E-state index contributed by atoms with van der Waals surface area (Å²) in [5.41, 5.74) is 0. The predicted octanol–water partition coefficient (Wildman–Crippen LogP) is 2.92. The Kier molecular flexibility index (Phi) is 4.03. The maximum Gasteiger partial charge on any atom is 0.136 e. The van der Waals surface area contributed by atoms with Gasteiger partial charge in [-0.1, -0.05) is 12.1 Å². The summed E-state index contributed by atoms with van der Waals surface area (Å²) in [7, 11) is 0. The van der Waals surface area contributed by atoms with Gasteiger partial charge in [0.1, 0.15) is 5.82 Å². The van der Waals surface area contributed by atoms with E-state index in [1.807, 2.05) is 12.1 Å². The zero-order valence-electron chi connectivity index (χ0n) is 8.71. The van der Waals surface area contributed by atoms with Crippen LogP contribution in [0.25, 0.3) is 0 Å². The minimum absolute atomic E-state index is 0.107. The minimum Gasteiger partial charge on any atom is -0.316 e. The van der Waals surface area contributed by atoms with Gasteiger partial charge >= 0.3 is 0 Å². The monoisotopic (exact) mass is 225 g/mol. The van der Waals surface area contributed by atoms with Crippen molar-refractivity contribution in [1.29, 1.82) is 0 Å². The largest absolute Gasteiger partial charge is 0.316 e. The molecule has 1 saturated carbocycles.